The lowest BCUT2D eigenvalue weighted by Gasteiger charge is -2.30. The number of nitrogens with one attached hydrogen (secondary N) is 2. The number of hydrogen-bond donors (Lipinski definition) is 2. The summed E-state index contributed by atoms with van der Waals surface area (Å²) in [7, 11) is 0. The molecular formula is C24H27N3O5. The predicted octanol–water partition coefficient (Wildman–Crippen LogP) is 4.07. The number of nitrogens with zero attached hydrogens (tertiary/aromatic N) is 1. The second-order valence-electron chi connectivity index (χ2n) is 8.04. The molecule has 1 aliphatic heterocycles. The maximum Gasteiger partial charge on any atom is 0.325 e. The number of ether oxygens (including phenoxy) is 2. The SMILES string of the molecule is CCOc1ccc(Oc2ccc(NC(=O)CN3C(=O)NC4(CCCCC4)C3=O)cc2)cc1. The van der Waals surface area contributed by atoms with E-state index in [1.165, 1.54) is 0 Å². The topological polar surface area (TPSA) is 97.0 Å². The van der Waals surface area contributed by atoms with Crippen LogP contribution < -0.4 is 20.1 Å². The maximum absolute atomic E-state index is 12.8. The second-order valence-corrected chi connectivity index (χ2v) is 8.04. The Bertz CT molecular complexity index is 982. The normalized spacial score (nSPS) is 17.2. The van der Waals surface area contributed by atoms with Gasteiger partial charge in [0.1, 0.15) is 29.3 Å². The van der Waals surface area contributed by atoms with E-state index >= 15 is 0 Å². The highest BCUT2D eigenvalue weighted by atomic mass is 16.5. The molecule has 2 N–H and O–H groups in total. The number of imide groups is 1. The van der Waals surface area contributed by atoms with E-state index in [-0.39, 0.29) is 12.5 Å². The molecule has 0 radical (unpaired) electrons. The van der Waals surface area contributed by atoms with E-state index in [1.54, 1.807) is 24.3 Å². The number of benzene rings is 2. The van der Waals surface area contributed by atoms with Gasteiger partial charge in [-0.05, 0) is 68.3 Å². The van der Waals surface area contributed by atoms with Gasteiger partial charge in [0.15, 0.2) is 0 Å². The van der Waals surface area contributed by atoms with Gasteiger partial charge in [0.2, 0.25) is 5.91 Å². The van der Waals surface area contributed by atoms with Crippen molar-refractivity contribution in [3.8, 4) is 17.2 Å². The summed E-state index contributed by atoms with van der Waals surface area (Å²) in [5.41, 5.74) is -0.274. The summed E-state index contributed by atoms with van der Waals surface area (Å²) in [5.74, 6) is 1.33. The maximum atomic E-state index is 12.8. The number of carbonyl (C=O) groups excluding carboxylic acids is 3. The molecule has 4 rings (SSSR count). The zero-order valence-electron chi connectivity index (χ0n) is 18.1. The zero-order chi connectivity index (χ0) is 22.6. The van der Waals surface area contributed by atoms with Crippen LogP contribution in [0.3, 0.4) is 0 Å². The quantitative estimate of drug-likeness (QED) is 0.637. The summed E-state index contributed by atoms with van der Waals surface area (Å²) in [6.07, 6.45) is 4.12. The molecule has 1 aliphatic carbocycles. The molecule has 2 aromatic rings. The monoisotopic (exact) mass is 437 g/mol. The van der Waals surface area contributed by atoms with E-state index < -0.39 is 17.5 Å². The fourth-order valence-electron chi connectivity index (χ4n) is 4.17. The Morgan fingerprint density at radius 3 is 2.19 bits per heavy atom. The summed E-state index contributed by atoms with van der Waals surface area (Å²) >= 11 is 0. The Labute approximate surface area is 186 Å². The number of rotatable bonds is 7. The summed E-state index contributed by atoms with van der Waals surface area (Å²) in [4.78, 5) is 38.6. The molecular weight excluding hydrogens is 410 g/mol. The van der Waals surface area contributed by atoms with Crippen molar-refractivity contribution < 1.29 is 23.9 Å². The van der Waals surface area contributed by atoms with Crippen LogP contribution in [-0.4, -0.2) is 41.4 Å². The predicted molar refractivity (Wildman–Crippen MR) is 119 cm³/mol. The first-order chi connectivity index (χ1) is 15.5. The van der Waals surface area contributed by atoms with Gasteiger partial charge >= 0.3 is 6.03 Å². The van der Waals surface area contributed by atoms with Crippen molar-refractivity contribution >= 4 is 23.5 Å². The highest BCUT2D eigenvalue weighted by Gasteiger charge is 2.51. The van der Waals surface area contributed by atoms with Crippen LogP contribution in [0, 0.1) is 0 Å². The molecule has 0 aromatic heterocycles. The van der Waals surface area contributed by atoms with Crippen molar-refractivity contribution in [3.63, 3.8) is 0 Å². The molecule has 1 heterocycles. The average Bonchev–Trinajstić information content (AvgIpc) is 3.01. The lowest BCUT2D eigenvalue weighted by Crippen LogP contribution is -2.48. The fourth-order valence-corrected chi connectivity index (χ4v) is 4.17. The van der Waals surface area contributed by atoms with E-state index in [1.807, 2.05) is 31.2 Å². The van der Waals surface area contributed by atoms with Crippen molar-refractivity contribution in [2.24, 2.45) is 0 Å². The molecule has 8 heteroatoms. The summed E-state index contributed by atoms with van der Waals surface area (Å²) in [6.45, 7) is 2.22. The Morgan fingerprint density at radius 2 is 1.56 bits per heavy atom. The van der Waals surface area contributed by atoms with Gasteiger partial charge in [-0.15, -0.1) is 0 Å². The third kappa shape index (κ3) is 4.69. The van der Waals surface area contributed by atoms with Crippen LogP contribution in [0.15, 0.2) is 48.5 Å². The largest absolute Gasteiger partial charge is 0.494 e. The van der Waals surface area contributed by atoms with Crippen LogP contribution in [0.2, 0.25) is 0 Å². The minimum atomic E-state index is -0.824. The van der Waals surface area contributed by atoms with Crippen LogP contribution in [0.25, 0.3) is 0 Å². The first kappa shape index (κ1) is 21.7. The molecule has 32 heavy (non-hydrogen) atoms. The number of urea groups is 1. The number of hydrogen-bond acceptors (Lipinski definition) is 5. The van der Waals surface area contributed by atoms with E-state index in [0.29, 0.717) is 36.6 Å². The molecule has 1 saturated carbocycles. The van der Waals surface area contributed by atoms with Crippen LogP contribution in [0.5, 0.6) is 17.2 Å². The minimum Gasteiger partial charge on any atom is -0.494 e. The van der Waals surface area contributed by atoms with E-state index in [0.717, 1.165) is 29.9 Å². The van der Waals surface area contributed by atoms with Gasteiger partial charge in [-0.2, -0.15) is 0 Å². The van der Waals surface area contributed by atoms with E-state index in [9.17, 15) is 14.4 Å². The summed E-state index contributed by atoms with van der Waals surface area (Å²) in [6, 6.07) is 13.7. The third-order valence-electron chi connectivity index (χ3n) is 5.76. The smallest absolute Gasteiger partial charge is 0.325 e. The molecule has 8 nitrogen and oxygen atoms in total. The molecule has 2 fully saturated rings. The lowest BCUT2D eigenvalue weighted by molar-refractivity contribution is -0.134. The van der Waals surface area contributed by atoms with Crippen molar-refractivity contribution in [3.05, 3.63) is 48.5 Å². The first-order valence-corrected chi connectivity index (χ1v) is 10.9. The van der Waals surface area contributed by atoms with Crippen molar-refractivity contribution in [2.45, 2.75) is 44.6 Å². The molecule has 0 bridgehead atoms. The number of amides is 4. The molecule has 0 unspecified atom stereocenters. The van der Waals surface area contributed by atoms with Crippen LogP contribution >= 0.6 is 0 Å². The highest BCUT2D eigenvalue weighted by Crippen LogP contribution is 2.33. The molecule has 1 spiro atoms. The van der Waals surface area contributed by atoms with Crippen LogP contribution in [0.4, 0.5) is 10.5 Å². The number of anilines is 1. The average molecular weight is 437 g/mol. The van der Waals surface area contributed by atoms with Crippen LogP contribution in [0.1, 0.15) is 39.0 Å². The zero-order valence-corrected chi connectivity index (χ0v) is 18.1. The Balaban J connectivity index is 1.32. The molecule has 0 atom stereocenters. The van der Waals surface area contributed by atoms with E-state index in [4.69, 9.17) is 9.47 Å². The Morgan fingerprint density at radius 1 is 0.969 bits per heavy atom. The minimum absolute atomic E-state index is 0.295. The van der Waals surface area contributed by atoms with Crippen molar-refractivity contribution in [2.75, 3.05) is 18.5 Å². The molecule has 1 saturated heterocycles. The van der Waals surface area contributed by atoms with E-state index in [2.05, 4.69) is 10.6 Å². The van der Waals surface area contributed by atoms with Crippen molar-refractivity contribution in [1.82, 2.24) is 10.2 Å². The highest BCUT2D eigenvalue weighted by molar-refractivity contribution is 6.10. The van der Waals surface area contributed by atoms with Gasteiger partial charge in [0.05, 0.1) is 6.61 Å². The standard InChI is InChI=1S/C24H27N3O5/c1-2-31-18-10-12-20(13-11-18)32-19-8-6-17(7-9-19)25-21(28)16-27-22(29)24(26-23(27)30)14-4-3-5-15-24/h6-13H,2-5,14-16H2,1H3,(H,25,28)(H,26,30). The molecule has 168 valence electrons. The van der Waals surface area contributed by atoms with Gasteiger partial charge in [0.25, 0.3) is 5.91 Å². The van der Waals surface area contributed by atoms with Gasteiger partial charge in [-0.3, -0.25) is 14.5 Å². The van der Waals surface area contributed by atoms with Gasteiger partial charge in [-0.1, -0.05) is 19.3 Å². The van der Waals surface area contributed by atoms with Gasteiger partial charge in [-0.25, -0.2) is 4.79 Å². The second kappa shape index (κ2) is 9.30. The first-order valence-electron chi connectivity index (χ1n) is 10.9. The Kier molecular flexibility index (Phi) is 6.30. The lowest BCUT2D eigenvalue weighted by atomic mass is 9.82. The Hall–Kier alpha value is -3.55. The van der Waals surface area contributed by atoms with Gasteiger partial charge < -0.3 is 20.1 Å². The molecule has 2 aliphatic rings. The number of carbonyl (C=O) groups is 3. The molecule has 4 amide bonds. The van der Waals surface area contributed by atoms with Crippen molar-refractivity contribution in [1.29, 1.82) is 0 Å². The van der Waals surface area contributed by atoms with Gasteiger partial charge in [0, 0.05) is 5.69 Å². The van der Waals surface area contributed by atoms with Crippen LogP contribution in [-0.2, 0) is 9.59 Å². The summed E-state index contributed by atoms with van der Waals surface area (Å²) < 4.78 is 11.2. The third-order valence-corrected chi connectivity index (χ3v) is 5.76. The summed E-state index contributed by atoms with van der Waals surface area (Å²) in [5, 5.41) is 5.54. The molecule has 2 aromatic carbocycles. The fraction of sp³-hybridized carbons (Fsp3) is 0.375.